The van der Waals surface area contributed by atoms with Crippen molar-refractivity contribution in [3.8, 4) is 0 Å². The second-order valence-corrected chi connectivity index (χ2v) is 1.45. The molecule has 0 rings (SSSR count). The topological polar surface area (TPSA) is 3.24 Å². The van der Waals surface area contributed by atoms with Crippen molar-refractivity contribution in [2.45, 2.75) is 6.92 Å². The Morgan fingerprint density at radius 3 is 2.14 bits per heavy atom. The van der Waals surface area contributed by atoms with Crippen molar-refractivity contribution in [3.05, 3.63) is 13.5 Å². The molecule has 0 unspecified atom stereocenters. The van der Waals surface area contributed by atoms with Crippen molar-refractivity contribution in [2.75, 3.05) is 13.6 Å². The zero-order valence-electron chi connectivity index (χ0n) is 5.02. The summed E-state index contributed by atoms with van der Waals surface area (Å²) in [6.07, 6.45) is 2.06. The second-order valence-electron chi connectivity index (χ2n) is 1.45. The fraction of sp³-hybridized carbons (Fsp3) is 0.600. The van der Waals surface area contributed by atoms with Gasteiger partial charge in [0, 0.05) is 32.7 Å². The minimum Gasteiger partial charge on any atom is -0.487 e. The molecule has 7 heavy (non-hydrogen) atoms. The van der Waals surface area contributed by atoms with Crippen molar-refractivity contribution < 1.29 is 32.7 Å². The standard InChI is InChI=1S/C5H11N.Y/c1-4-5-6(2)3;/h4H,2,5H2,1,3H3;/q-2;. The first-order chi connectivity index (χ1) is 2.77. The van der Waals surface area contributed by atoms with E-state index in [1.807, 2.05) is 18.9 Å². The fourth-order valence-electron chi connectivity index (χ4n) is 0.312. The molecule has 0 fully saturated rings. The molecule has 0 heterocycles. The van der Waals surface area contributed by atoms with Gasteiger partial charge in [-0.2, -0.15) is 13.5 Å². The second kappa shape index (κ2) is 7.06. The molecule has 0 spiro atoms. The molecular formula is C5H11NY-2. The van der Waals surface area contributed by atoms with Gasteiger partial charge < -0.3 is 11.3 Å². The third-order valence-corrected chi connectivity index (χ3v) is 0.494. The van der Waals surface area contributed by atoms with Crippen LogP contribution in [0.3, 0.4) is 0 Å². The molecule has 1 nitrogen and oxygen atoms in total. The van der Waals surface area contributed by atoms with Crippen LogP contribution >= 0.6 is 0 Å². The van der Waals surface area contributed by atoms with Crippen LogP contribution in [0, 0.1) is 13.5 Å². The number of rotatable bonds is 2. The van der Waals surface area contributed by atoms with E-state index >= 15 is 0 Å². The minimum absolute atomic E-state index is 0. The maximum atomic E-state index is 3.63. The molecule has 0 aliphatic carbocycles. The molecule has 0 atom stereocenters. The molecule has 0 aliphatic rings. The van der Waals surface area contributed by atoms with E-state index in [1.54, 1.807) is 0 Å². The third-order valence-electron chi connectivity index (χ3n) is 0.494. The van der Waals surface area contributed by atoms with Gasteiger partial charge in [-0.3, -0.25) is 7.05 Å². The monoisotopic (exact) mass is 174 g/mol. The molecule has 2 heteroatoms. The Morgan fingerprint density at radius 2 is 2.14 bits per heavy atom. The summed E-state index contributed by atoms with van der Waals surface area (Å²) in [4.78, 5) is 1.88. The smallest absolute Gasteiger partial charge is 0 e. The van der Waals surface area contributed by atoms with Gasteiger partial charge in [-0.1, -0.05) is 0 Å². The molecule has 0 aromatic heterocycles. The Balaban J connectivity index is 0. The molecule has 0 aromatic rings. The number of hydrogen-bond donors (Lipinski definition) is 0. The zero-order valence-corrected chi connectivity index (χ0v) is 7.85. The summed E-state index contributed by atoms with van der Waals surface area (Å²) in [7, 11) is 5.57. The van der Waals surface area contributed by atoms with Gasteiger partial charge in [-0.05, 0) is 7.05 Å². The molecule has 0 amide bonds. The maximum Gasteiger partial charge on any atom is 0 e. The van der Waals surface area contributed by atoms with Gasteiger partial charge in [0.15, 0.2) is 0 Å². The van der Waals surface area contributed by atoms with E-state index in [9.17, 15) is 0 Å². The van der Waals surface area contributed by atoms with Crippen LogP contribution in [0.4, 0.5) is 0 Å². The fourth-order valence-corrected chi connectivity index (χ4v) is 0.312. The van der Waals surface area contributed by atoms with Crippen LogP contribution in [0.5, 0.6) is 0 Å². The van der Waals surface area contributed by atoms with Gasteiger partial charge in [0.1, 0.15) is 0 Å². The molecule has 0 saturated heterocycles. The molecule has 0 N–H and O–H groups in total. The third kappa shape index (κ3) is 11.0. The summed E-state index contributed by atoms with van der Waals surface area (Å²) in [5.74, 6) is 0. The van der Waals surface area contributed by atoms with E-state index in [4.69, 9.17) is 0 Å². The molecule has 41 valence electrons. The van der Waals surface area contributed by atoms with Crippen molar-refractivity contribution in [3.63, 3.8) is 0 Å². The zero-order chi connectivity index (χ0) is 4.99. The quantitative estimate of drug-likeness (QED) is 0.563. The van der Waals surface area contributed by atoms with Gasteiger partial charge >= 0.3 is 0 Å². The van der Waals surface area contributed by atoms with Crippen LogP contribution in [-0.2, 0) is 32.7 Å². The summed E-state index contributed by atoms with van der Waals surface area (Å²) < 4.78 is 0. The summed E-state index contributed by atoms with van der Waals surface area (Å²) in [6, 6.07) is 0. The Kier molecular flexibility index (Phi) is 11.0. The van der Waals surface area contributed by atoms with Crippen LogP contribution in [0.2, 0.25) is 0 Å². The molecule has 0 bridgehead atoms. The number of nitrogens with zero attached hydrogens (tertiary/aromatic N) is 1. The summed E-state index contributed by atoms with van der Waals surface area (Å²) in [6.45, 7) is 2.99. The molecule has 0 aromatic carbocycles. The van der Waals surface area contributed by atoms with E-state index in [-0.39, 0.29) is 32.7 Å². The molecular weight excluding hydrogens is 163 g/mol. The van der Waals surface area contributed by atoms with Crippen molar-refractivity contribution >= 4 is 0 Å². The Labute approximate surface area is 71.3 Å². The van der Waals surface area contributed by atoms with E-state index in [2.05, 4.69) is 13.5 Å². The first-order valence-electron chi connectivity index (χ1n) is 2.07. The summed E-state index contributed by atoms with van der Waals surface area (Å²) in [5, 5.41) is 0. The first-order valence-corrected chi connectivity index (χ1v) is 2.07. The van der Waals surface area contributed by atoms with E-state index in [0.717, 1.165) is 6.54 Å². The van der Waals surface area contributed by atoms with Crippen LogP contribution in [0.25, 0.3) is 0 Å². The molecule has 0 saturated carbocycles. The Morgan fingerprint density at radius 1 is 1.71 bits per heavy atom. The van der Waals surface area contributed by atoms with Crippen LogP contribution in [0.1, 0.15) is 6.92 Å². The normalized spacial score (nSPS) is 8.57. The van der Waals surface area contributed by atoms with Gasteiger partial charge in [0.2, 0.25) is 0 Å². The minimum atomic E-state index is 0. The summed E-state index contributed by atoms with van der Waals surface area (Å²) >= 11 is 0. The van der Waals surface area contributed by atoms with E-state index in [0.29, 0.717) is 0 Å². The van der Waals surface area contributed by atoms with Crippen LogP contribution in [0.15, 0.2) is 0 Å². The SMILES string of the molecule is [CH2-]N(C)C[CH-]C.[Y]. The van der Waals surface area contributed by atoms with Crippen molar-refractivity contribution in [1.82, 2.24) is 4.90 Å². The van der Waals surface area contributed by atoms with E-state index < -0.39 is 0 Å². The predicted octanol–water partition coefficient (Wildman–Crippen LogP) is 0.931. The van der Waals surface area contributed by atoms with Gasteiger partial charge in [-0.25, -0.2) is 0 Å². The van der Waals surface area contributed by atoms with Crippen molar-refractivity contribution in [1.29, 1.82) is 0 Å². The van der Waals surface area contributed by atoms with Crippen LogP contribution < -0.4 is 0 Å². The van der Waals surface area contributed by atoms with Gasteiger partial charge in [0.25, 0.3) is 0 Å². The Bertz CT molecular complexity index is 29.3. The van der Waals surface area contributed by atoms with Crippen molar-refractivity contribution in [2.24, 2.45) is 0 Å². The Hall–Kier alpha value is 1.06. The van der Waals surface area contributed by atoms with Gasteiger partial charge in [-0.15, -0.1) is 0 Å². The average molecular weight is 174 g/mol. The summed E-state index contributed by atoms with van der Waals surface area (Å²) in [5.41, 5.74) is 0. The molecule has 1 radical (unpaired) electrons. The number of hydrogen-bond acceptors (Lipinski definition) is 1. The molecule has 0 aliphatic heterocycles. The first kappa shape index (κ1) is 10.9. The van der Waals surface area contributed by atoms with E-state index in [1.165, 1.54) is 0 Å². The van der Waals surface area contributed by atoms with Crippen LogP contribution in [-0.4, -0.2) is 18.5 Å². The predicted molar refractivity (Wildman–Crippen MR) is 28.0 cm³/mol. The largest absolute Gasteiger partial charge is 0.487 e. The maximum absolute atomic E-state index is 3.63. The van der Waals surface area contributed by atoms with Gasteiger partial charge in [0.05, 0.1) is 0 Å². The average Bonchev–Trinajstić information content (AvgIpc) is 1.35.